The first kappa shape index (κ1) is 18.8. The summed E-state index contributed by atoms with van der Waals surface area (Å²) >= 11 is 0. The molecule has 140 valence electrons. The monoisotopic (exact) mass is 353 g/mol. The van der Waals surface area contributed by atoms with Crippen LogP contribution in [0.25, 0.3) is 5.32 Å². The first-order chi connectivity index (χ1) is 12.7. The number of allylic oxidation sites excluding steroid dienone is 1. The highest BCUT2D eigenvalue weighted by Crippen LogP contribution is 2.47. The summed E-state index contributed by atoms with van der Waals surface area (Å²) in [5.41, 5.74) is 4.86. The topological polar surface area (TPSA) is 32.6 Å². The number of rotatable bonds is 8. The molecule has 1 aliphatic carbocycles. The normalized spacial score (nSPS) is 18.3. The largest absolute Gasteiger partial charge is 0.653 e. The molecule has 0 bridgehead atoms. The van der Waals surface area contributed by atoms with E-state index < -0.39 is 0 Å². The lowest BCUT2D eigenvalue weighted by Crippen LogP contribution is -2.24. The molecule has 3 nitrogen and oxygen atoms in total. The number of nitrogens with zero attached hydrogens (tertiary/aromatic N) is 1. The molecule has 0 saturated heterocycles. The van der Waals surface area contributed by atoms with E-state index in [9.17, 15) is 0 Å². The van der Waals surface area contributed by atoms with E-state index in [4.69, 9.17) is 14.8 Å². The van der Waals surface area contributed by atoms with Gasteiger partial charge in [0, 0.05) is 31.0 Å². The van der Waals surface area contributed by atoms with Gasteiger partial charge in [0.2, 0.25) is 5.76 Å². The van der Waals surface area contributed by atoms with Crippen LogP contribution in [0.3, 0.4) is 0 Å². The van der Waals surface area contributed by atoms with Crippen LogP contribution in [0.1, 0.15) is 58.1 Å². The van der Waals surface area contributed by atoms with Crippen molar-refractivity contribution >= 4 is 5.69 Å². The van der Waals surface area contributed by atoms with Crippen molar-refractivity contribution in [3.05, 3.63) is 58.0 Å². The Bertz CT molecular complexity index is 690. The third-order valence-corrected chi connectivity index (χ3v) is 5.05. The standard InChI is InChI=1S/C23H31NO2/c1-5-13-25-22-16(7-3)9-11-20-18(22)15-19-21(24-20)12-10-17(8-4)23(19)26-14-6-2/h9-12,20H,5-8,13-15H2,1-4H3. The number of hydrogen-bond acceptors (Lipinski definition) is 2. The number of fused-ring (bicyclic) bond motifs is 2. The highest BCUT2D eigenvalue weighted by atomic mass is 16.5. The molecule has 1 aromatic rings. The first-order valence-electron chi connectivity index (χ1n) is 10.1. The van der Waals surface area contributed by atoms with Crippen molar-refractivity contribution < 1.29 is 9.47 Å². The van der Waals surface area contributed by atoms with E-state index in [-0.39, 0.29) is 6.04 Å². The van der Waals surface area contributed by atoms with Crippen LogP contribution in [0.2, 0.25) is 0 Å². The molecule has 1 aliphatic heterocycles. The van der Waals surface area contributed by atoms with Gasteiger partial charge in [-0.1, -0.05) is 32.9 Å². The summed E-state index contributed by atoms with van der Waals surface area (Å²) in [5.74, 6) is 3.40. The van der Waals surface area contributed by atoms with E-state index in [1.54, 1.807) is 0 Å². The molecule has 0 aromatic heterocycles. The Balaban J connectivity index is 2.02. The lowest BCUT2D eigenvalue weighted by Gasteiger charge is -2.39. The van der Waals surface area contributed by atoms with Crippen molar-refractivity contribution in [2.24, 2.45) is 0 Å². The van der Waals surface area contributed by atoms with E-state index in [1.165, 1.54) is 22.6 Å². The van der Waals surface area contributed by atoms with Crippen LogP contribution < -0.4 is 4.74 Å². The van der Waals surface area contributed by atoms with E-state index in [0.717, 1.165) is 62.5 Å². The molecule has 0 N–H and O–H groups in total. The van der Waals surface area contributed by atoms with Crippen LogP contribution in [0.5, 0.6) is 5.75 Å². The minimum absolute atomic E-state index is 0.0937. The Morgan fingerprint density at radius 2 is 1.85 bits per heavy atom. The second-order valence-corrected chi connectivity index (χ2v) is 6.94. The lowest BCUT2D eigenvalue weighted by atomic mass is 9.82. The molecule has 0 radical (unpaired) electrons. The van der Waals surface area contributed by atoms with Gasteiger partial charge in [0.05, 0.1) is 24.7 Å². The lowest BCUT2D eigenvalue weighted by molar-refractivity contribution is 0.206. The van der Waals surface area contributed by atoms with Gasteiger partial charge in [-0.3, -0.25) is 0 Å². The van der Waals surface area contributed by atoms with Gasteiger partial charge in [-0.2, -0.15) is 0 Å². The van der Waals surface area contributed by atoms with Gasteiger partial charge in [-0.05, 0) is 37.3 Å². The molecule has 26 heavy (non-hydrogen) atoms. The fourth-order valence-electron chi connectivity index (χ4n) is 3.67. The van der Waals surface area contributed by atoms with Crippen molar-refractivity contribution in [1.29, 1.82) is 0 Å². The van der Waals surface area contributed by atoms with Gasteiger partial charge in [-0.15, -0.1) is 5.69 Å². The number of hydrogen-bond donors (Lipinski definition) is 0. The highest BCUT2D eigenvalue weighted by molar-refractivity contribution is 5.71. The predicted octanol–water partition coefficient (Wildman–Crippen LogP) is 6.20. The number of aryl methyl sites for hydroxylation is 1. The summed E-state index contributed by atoms with van der Waals surface area (Å²) in [6.45, 7) is 10.2. The maximum absolute atomic E-state index is 6.19. The number of benzene rings is 1. The molecule has 1 heterocycles. The summed E-state index contributed by atoms with van der Waals surface area (Å²) in [6, 6.07) is 4.42. The smallest absolute Gasteiger partial charge is 0.232 e. The van der Waals surface area contributed by atoms with E-state index >= 15 is 0 Å². The maximum Gasteiger partial charge on any atom is 0.232 e. The van der Waals surface area contributed by atoms with Crippen molar-refractivity contribution in [3.63, 3.8) is 0 Å². The summed E-state index contributed by atoms with van der Waals surface area (Å²) < 4.78 is 12.4. The van der Waals surface area contributed by atoms with Gasteiger partial charge in [0.15, 0.2) is 0 Å². The predicted molar refractivity (Wildman–Crippen MR) is 108 cm³/mol. The molecule has 0 fully saturated rings. The van der Waals surface area contributed by atoms with Crippen molar-refractivity contribution in [1.82, 2.24) is 0 Å². The van der Waals surface area contributed by atoms with Gasteiger partial charge in [-0.25, -0.2) is 0 Å². The van der Waals surface area contributed by atoms with Crippen LogP contribution in [-0.2, 0) is 17.6 Å². The van der Waals surface area contributed by atoms with Crippen molar-refractivity contribution in [2.45, 2.75) is 65.8 Å². The average Bonchev–Trinajstić information content (AvgIpc) is 2.68. The third kappa shape index (κ3) is 3.58. The van der Waals surface area contributed by atoms with Crippen LogP contribution in [0, 0.1) is 5.92 Å². The van der Waals surface area contributed by atoms with Crippen LogP contribution in [0.15, 0.2) is 35.6 Å². The summed E-state index contributed by atoms with van der Waals surface area (Å²) in [6.07, 6.45) is 9.26. The maximum atomic E-state index is 6.19. The summed E-state index contributed by atoms with van der Waals surface area (Å²) in [7, 11) is 0. The Kier molecular flexibility index (Phi) is 6.18. The minimum Gasteiger partial charge on any atom is -0.653 e. The van der Waals surface area contributed by atoms with Crippen molar-refractivity contribution in [2.75, 3.05) is 13.2 Å². The summed E-state index contributed by atoms with van der Waals surface area (Å²) in [5, 5.41) is 5.02. The van der Waals surface area contributed by atoms with Crippen molar-refractivity contribution in [3.8, 4) is 5.75 Å². The Morgan fingerprint density at radius 3 is 2.54 bits per heavy atom. The van der Waals surface area contributed by atoms with Gasteiger partial charge in [0.25, 0.3) is 0 Å². The molecule has 0 amide bonds. The number of ether oxygens (including phenoxy) is 2. The zero-order valence-electron chi connectivity index (χ0n) is 16.6. The summed E-state index contributed by atoms with van der Waals surface area (Å²) in [4.78, 5) is 0. The molecule has 2 aliphatic rings. The quantitative estimate of drug-likeness (QED) is 0.521. The molecule has 1 aromatic carbocycles. The fourth-order valence-corrected chi connectivity index (χ4v) is 3.67. The second-order valence-electron chi connectivity index (χ2n) is 6.94. The Hall–Kier alpha value is -2.03. The van der Waals surface area contributed by atoms with E-state index in [1.807, 2.05) is 0 Å². The second kappa shape index (κ2) is 8.57. The van der Waals surface area contributed by atoms with E-state index in [0.29, 0.717) is 0 Å². The molecule has 3 rings (SSSR count). The zero-order valence-corrected chi connectivity index (χ0v) is 16.6. The Labute approximate surface area is 158 Å². The molecule has 1 unspecified atom stereocenters. The highest BCUT2D eigenvalue weighted by Gasteiger charge is 2.34. The molecular weight excluding hydrogens is 322 g/mol. The van der Waals surface area contributed by atoms with Crippen LogP contribution in [-0.4, -0.2) is 19.3 Å². The average molecular weight is 354 g/mol. The van der Waals surface area contributed by atoms with Gasteiger partial charge >= 0.3 is 0 Å². The SMILES string of the molecule is CCCOC1=C2Cc3c(ccc(CC)c3OCCC)[N-]C2C=C[C+]1CC. The zero-order chi connectivity index (χ0) is 18.5. The minimum atomic E-state index is 0.0937. The third-order valence-electron chi connectivity index (χ3n) is 5.05. The van der Waals surface area contributed by atoms with Gasteiger partial charge in [0.1, 0.15) is 5.75 Å². The fraction of sp³-hybridized carbons (Fsp3) is 0.522. The van der Waals surface area contributed by atoms with Gasteiger partial charge < -0.3 is 14.8 Å². The Morgan fingerprint density at radius 1 is 1.08 bits per heavy atom. The molecule has 3 heteroatoms. The van der Waals surface area contributed by atoms with Crippen LogP contribution >= 0.6 is 0 Å². The molecule has 1 atom stereocenters. The molecular formula is C23H31NO2. The first-order valence-corrected chi connectivity index (χ1v) is 10.1. The van der Waals surface area contributed by atoms with E-state index in [2.05, 4.69) is 52.0 Å². The van der Waals surface area contributed by atoms with Crippen LogP contribution in [0.4, 0.5) is 5.69 Å². The molecule has 0 saturated carbocycles. The molecule has 0 spiro atoms.